The molecule has 1 heterocycles. The minimum Gasteiger partial charge on any atom is -0.480 e. The number of carboxylic acid groups (broad SMARTS) is 2. The summed E-state index contributed by atoms with van der Waals surface area (Å²) in [6, 6.07) is -0.943. The van der Waals surface area contributed by atoms with Crippen LogP contribution in [0, 0.1) is 11.8 Å². The summed E-state index contributed by atoms with van der Waals surface area (Å²) in [5, 5.41) is 19.3. The number of carbonyl (C=O) groups excluding carboxylic acids is 1. The highest BCUT2D eigenvalue weighted by atomic mass is 16.4. The number of carboxylic acids is 2. The molecule has 24 heavy (non-hydrogen) atoms. The van der Waals surface area contributed by atoms with Gasteiger partial charge in [0.2, 0.25) is 0 Å². The highest BCUT2D eigenvalue weighted by Gasteiger charge is 2.60. The average molecular weight is 340 g/mol. The standard InChI is InChI=1S/C17H28N2O5/c1-11(18)15(22)17(16(23)24)13(12-6-3-2-4-7-12)8-5-9-19(17)10-14(20)21/h11-13H,2-10,18H2,1H3,(H,20,21)(H,23,24)/t11-,13?,17?/m0/s1. The molecule has 3 atom stereocenters. The number of hydrogen-bond donors (Lipinski definition) is 3. The third-order valence-corrected chi connectivity index (χ3v) is 5.64. The number of ketones is 1. The Morgan fingerprint density at radius 2 is 1.75 bits per heavy atom. The van der Waals surface area contributed by atoms with Crippen LogP contribution in [-0.4, -0.2) is 57.5 Å². The molecule has 1 saturated carbocycles. The van der Waals surface area contributed by atoms with Crippen molar-refractivity contribution in [3.05, 3.63) is 0 Å². The Balaban J connectivity index is 2.50. The third-order valence-electron chi connectivity index (χ3n) is 5.64. The molecule has 2 aliphatic rings. The largest absolute Gasteiger partial charge is 0.480 e. The molecule has 4 N–H and O–H groups in total. The quantitative estimate of drug-likeness (QED) is 0.619. The van der Waals surface area contributed by atoms with Crippen LogP contribution in [0.15, 0.2) is 0 Å². The number of aliphatic carboxylic acids is 2. The minimum atomic E-state index is -1.81. The smallest absolute Gasteiger partial charge is 0.332 e. The number of Topliss-reactive ketones (excluding diaryl/α,β-unsaturated/α-hetero) is 1. The van der Waals surface area contributed by atoms with E-state index < -0.39 is 35.8 Å². The number of nitrogens with zero attached hydrogens (tertiary/aromatic N) is 1. The average Bonchev–Trinajstić information content (AvgIpc) is 2.54. The van der Waals surface area contributed by atoms with Crippen LogP contribution in [0.2, 0.25) is 0 Å². The number of rotatable bonds is 6. The molecule has 0 spiro atoms. The van der Waals surface area contributed by atoms with Gasteiger partial charge in [-0.05, 0) is 31.6 Å². The maximum absolute atomic E-state index is 13.0. The zero-order valence-corrected chi connectivity index (χ0v) is 14.2. The molecule has 0 aromatic rings. The molecule has 0 aromatic heterocycles. The summed E-state index contributed by atoms with van der Waals surface area (Å²) in [6.45, 7) is 1.33. The van der Waals surface area contributed by atoms with E-state index in [1.54, 1.807) is 0 Å². The van der Waals surface area contributed by atoms with Crippen LogP contribution in [0.3, 0.4) is 0 Å². The second-order valence-electron chi connectivity index (χ2n) is 7.19. The van der Waals surface area contributed by atoms with E-state index in [4.69, 9.17) is 5.73 Å². The van der Waals surface area contributed by atoms with Gasteiger partial charge in [-0.3, -0.25) is 14.5 Å². The van der Waals surface area contributed by atoms with E-state index in [1.807, 2.05) is 0 Å². The molecule has 0 aromatic carbocycles. The van der Waals surface area contributed by atoms with E-state index in [1.165, 1.54) is 11.8 Å². The van der Waals surface area contributed by atoms with Crippen molar-refractivity contribution in [2.24, 2.45) is 17.6 Å². The lowest BCUT2D eigenvalue weighted by molar-refractivity contribution is -0.172. The van der Waals surface area contributed by atoms with Gasteiger partial charge in [0.25, 0.3) is 0 Å². The van der Waals surface area contributed by atoms with Gasteiger partial charge in [-0.15, -0.1) is 0 Å². The monoisotopic (exact) mass is 340 g/mol. The number of likely N-dealkylation sites (tertiary alicyclic amines) is 1. The van der Waals surface area contributed by atoms with Crippen molar-refractivity contribution < 1.29 is 24.6 Å². The first-order valence-electron chi connectivity index (χ1n) is 8.82. The second kappa shape index (κ2) is 7.61. The van der Waals surface area contributed by atoms with Gasteiger partial charge in [0.15, 0.2) is 11.3 Å². The summed E-state index contributed by atoms with van der Waals surface area (Å²) in [7, 11) is 0. The predicted molar refractivity (Wildman–Crippen MR) is 87.5 cm³/mol. The SMILES string of the molecule is C[C@H](N)C(=O)C1(C(=O)O)C(C2CCCCC2)CCCN1CC(=O)O. The lowest BCUT2D eigenvalue weighted by atomic mass is 9.63. The highest BCUT2D eigenvalue weighted by molar-refractivity contribution is 6.10. The first-order valence-corrected chi connectivity index (χ1v) is 8.82. The van der Waals surface area contributed by atoms with Gasteiger partial charge >= 0.3 is 11.9 Å². The zero-order chi connectivity index (χ0) is 17.9. The van der Waals surface area contributed by atoms with E-state index in [9.17, 15) is 24.6 Å². The zero-order valence-electron chi connectivity index (χ0n) is 14.2. The van der Waals surface area contributed by atoms with Crippen LogP contribution in [0.1, 0.15) is 51.9 Å². The summed E-state index contributed by atoms with van der Waals surface area (Å²) in [4.78, 5) is 38.0. The van der Waals surface area contributed by atoms with Crippen LogP contribution < -0.4 is 5.73 Å². The molecule has 2 fully saturated rings. The van der Waals surface area contributed by atoms with E-state index >= 15 is 0 Å². The molecule has 136 valence electrons. The van der Waals surface area contributed by atoms with Crippen molar-refractivity contribution in [2.45, 2.75) is 63.5 Å². The summed E-state index contributed by atoms with van der Waals surface area (Å²) in [5.41, 5.74) is 3.97. The Kier molecular flexibility index (Phi) is 5.98. The lowest BCUT2D eigenvalue weighted by Gasteiger charge is -2.51. The van der Waals surface area contributed by atoms with E-state index in [0.29, 0.717) is 19.4 Å². The second-order valence-corrected chi connectivity index (χ2v) is 7.19. The normalized spacial score (nSPS) is 30.7. The summed E-state index contributed by atoms with van der Waals surface area (Å²) >= 11 is 0. The molecule has 0 amide bonds. The molecule has 2 rings (SSSR count). The molecule has 2 unspecified atom stereocenters. The molecule has 7 nitrogen and oxygen atoms in total. The molecule has 0 radical (unpaired) electrons. The molecule has 0 bridgehead atoms. The molecular formula is C17H28N2O5. The van der Waals surface area contributed by atoms with Crippen molar-refractivity contribution in [3.8, 4) is 0 Å². The van der Waals surface area contributed by atoms with Crippen molar-refractivity contribution in [1.82, 2.24) is 4.90 Å². The number of piperidine rings is 1. The topological polar surface area (TPSA) is 121 Å². The van der Waals surface area contributed by atoms with E-state index in [2.05, 4.69) is 0 Å². The Labute approximate surface area is 142 Å². The molecule has 1 aliphatic carbocycles. The van der Waals surface area contributed by atoms with Gasteiger partial charge in [-0.25, -0.2) is 4.79 Å². The maximum Gasteiger partial charge on any atom is 0.332 e. The summed E-state index contributed by atoms with van der Waals surface area (Å²) in [5.74, 6) is -3.17. The van der Waals surface area contributed by atoms with Crippen LogP contribution in [-0.2, 0) is 14.4 Å². The first kappa shape index (κ1) is 18.9. The van der Waals surface area contributed by atoms with E-state index in [0.717, 1.165) is 32.1 Å². The number of nitrogens with two attached hydrogens (primary N) is 1. The van der Waals surface area contributed by atoms with Crippen molar-refractivity contribution in [1.29, 1.82) is 0 Å². The number of hydrogen-bond acceptors (Lipinski definition) is 5. The maximum atomic E-state index is 13.0. The van der Waals surface area contributed by atoms with Gasteiger partial charge in [-0.1, -0.05) is 32.1 Å². The fraction of sp³-hybridized carbons (Fsp3) is 0.824. The molecule has 1 saturated heterocycles. The van der Waals surface area contributed by atoms with Crippen LogP contribution in [0.4, 0.5) is 0 Å². The van der Waals surface area contributed by atoms with Crippen LogP contribution >= 0.6 is 0 Å². The molecule has 7 heteroatoms. The Morgan fingerprint density at radius 3 is 2.25 bits per heavy atom. The number of carbonyl (C=O) groups is 3. The fourth-order valence-electron chi connectivity index (χ4n) is 4.69. The third kappa shape index (κ3) is 3.32. The summed E-state index contributed by atoms with van der Waals surface area (Å²) in [6.07, 6.45) is 6.31. The fourth-order valence-corrected chi connectivity index (χ4v) is 4.69. The van der Waals surface area contributed by atoms with Gasteiger partial charge in [0.05, 0.1) is 12.6 Å². The summed E-state index contributed by atoms with van der Waals surface area (Å²) < 4.78 is 0. The Hall–Kier alpha value is -1.47. The molecule has 1 aliphatic heterocycles. The lowest BCUT2D eigenvalue weighted by Crippen LogP contribution is -2.71. The Bertz CT molecular complexity index is 501. The van der Waals surface area contributed by atoms with Crippen LogP contribution in [0.25, 0.3) is 0 Å². The van der Waals surface area contributed by atoms with Gasteiger partial charge in [-0.2, -0.15) is 0 Å². The minimum absolute atomic E-state index is 0.133. The van der Waals surface area contributed by atoms with Gasteiger partial charge in [0, 0.05) is 6.54 Å². The first-order chi connectivity index (χ1) is 11.3. The van der Waals surface area contributed by atoms with Crippen molar-refractivity contribution in [2.75, 3.05) is 13.1 Å². The van der Waals surface area contributed by atoms with Gasteiger partial charge in [0.1, 0.15) is 0 Å². The van der Waals surface area contributed by atoms with Crippen molar-refractivity contribution >= 4 is 17.7 Å². The van der Waals surface area contributed by atoms with Crippen molar-refractivity contribution in [3.63, 3.8) is 0 Å². The van der Waals surface area contributed by atoms with Gasteiger partial charge < -0.3 is 15.9 Å². The van der Waals surface area contributed by atoms with Crippen LogP contribution in [0.5, 0.6) is 0 Å². The highest BCUT2D eigenvalue weighted by Crippen LogP contribution is 2.45. The predicted octanol–water partition coefficient (Wildman–Crippen LogP) is 1.10. The molecular weight excluding hydrogens is 312 g/mol. The van der Waals surface area contributed by atoms with E-state index in [-0.39, 0.29) is 11.8 Å². The Morgan fingerprint density at radius 1 is 1.12 bits per heavy atom.